The molecule has 0 aliphatic carbocycles. The minimum atomic E-state index is -0.447. The summed E-state index contributed by atoms with van der Waals surface area (Å²) < 4.78 is 32.6. The van der Waals surface area contributed by atoms with E-state index in [-0.39, 0.29) is 23.5 Å². The van der Waals surface area contributed by atoms with Gasteiger partial charge >= 0.3 is 0 Å². The number of anilines is 1. The highest BCUT2D eigenvalue weighted by molar-refractivity contribution is 5.94. The summed E-state index contributed by atoms with van der Waals surface area (Å²) in [4.78, 5) is 16.7. The van der Waals surface area contributed by atoms with Gasteiger partial charge < -0.3 is 10.1 Å². The molecule has 1 atom stereocenters. The highest BCUT2D eigenvalue weighted by Gasteiger charge is 2.26. The van der Waals surface area contributed by atoms with Crippen molar-refractivity contribution in [2.75, 3.05) is 38.6 Å². The molecule has 0 radical (unpaired) electrons. The Bertz CT molecular complexity index is 823. The molecule has 1 saturated heterocycles. The van der Waals surface area contributed by atoms with Gasteiger partial charge in [0, 0.05) is 38.3 Å². The molecule has 0 unspecified atom stereocenters. The van der Waals surface area contributed by atoms with E-state index < -0.39 is 5.82 Å². The second-order valence-electron chi connectivity index (χ2n) is 6.91. The molecule has 1 amide bonds. The van der Waals surface area contributed by atoms with Gasteiger partial charge in [0.25, 0.3) is 0 Å². The molecular weight excluding hydrogens is 364 g/mol. The molecule has 1 aliphatic heterocycles. The van der Waals surface area contributed by atoms with E-state index in [9.17, 15) is 13.6 Å². The Kier molecular flexibility index (Phi) is 6.59. The average molecular weight is 389 g/mol. The topological polar surface area (TPSA) is 44.8 Å². The van der Waals surface area contributed by atoms with Crippen molar-refractivity contribution in [3.05, 3.63) is 59.7 Å². The zero-order chi connectivity index (χ0) is 20.1. The van der Waals surface area contributed by atoms with Gasteiger partial charge in [0.15, 0.2) is 0 Å². The Morgan fingerprint density at radius 1 is 1.14 bits per heavy atom. The monoisotopic (exact) mass is 389 g/mol. The van der Waals surface area contributed by atoms with Gasteiger partial charge in [-0.05, 0) is 37.3 Å². The molecule has 2 aromatic rings. The highest BCUT2D eigenvalue weighted by atomic mass is 19.1. The third-order valence-corrected chi connectivity index (χ3v) is 5.10. The lowest BCUT2D eigenvalue weighted by molar-refractivity contribution is -0.121. The molecule has 0 spiro atoms. The second-order valence-corrected chi connectivity index (χ2v) is 6.91. The van der Waals surface area contributed by atoms with Gasteiger partial charge in [0.2, 0.25) is 5.91 Å². The number of benzene rings is 2. The van der Waals surface area contributed by atoms with Crippen LogP contribution in [0, 0.1) is 11.6 Å². The van der Waals surface area contributed by atoms with Gasteiger partial charge in [0.1, 0.15) is 17.4 Å². The molecule has 7 heteroatoms. The largest absolute Gasteiger partial charge is 0.496 e. The van der Waals surface area contributed by atoms with Crippen molar-refractivity contribution in [1.82, 2.24) is 9.80 Å². The van der Waals surface area contributed by atoms with E-state index in [2.05, 4.69) is 15.1 Å². The number of piperazine rings is 1. The number of para-hydroxylation sites is 1. The fourth-order valence-electron chi connectivity index (χ4n) is 3.39. The molecule has 1 fully saturated rings. The summed E-state index contributed by atoms with van der Waals surface area (Å²) in [6.07, 6.45) is 0. The van der Waals surface area contributed by atoms with E-state index in [1.54, 1.807) is 31.4 Å². The minimum Gasteiger partial charge on any atom is -0.496 e. The predicted molar refractivity (Wildman–Crippen MR) is 104 cm³/mol. The summed E-state index contributed by atoms with van der Waals surface area (Å²) >= 11 is 0. The fraction of sp³-hybridized carbons (Fsp3) is 0.381. The number of carbonyl (C=O) groups excluding carboxylic acids is 1. The molecule has 0 saturated carbocycles. The van der Waals surface area contributed by atoms with Crippen LogP contribution < -0.4 is 10.1 Å². The lowest BCUT2D eigenvalue weighted by Gasteiger charge is -2.37. The highest BCUT2D eigenvalue weighted by Crippen LogP contribution is 2.22. The van der Waals surface area contributed by atoms with E-state index in [0.717, 1.165) is 18.7 Å². The molecule has 1 N–H and O–H groups in total. The number of methoxy groups -OCH3 is 1. The number of nitrogens with zero attached hydrogens (tertiary/aromatic N) is 2. The second kappa shape index (κ2) is 9.12. The van der Waals surface area contributed by atoms with Crippen molar-refractivity contribution < 1.29 is 18.3 Å². The number of halogens is 2. The van der Waals surface area contributed by atoms with Crippen LogP contribution in [-0.2, 0) is 11.3 Å². The van der Waals surface area contributed by atoms with Gasteiger partial charge in [-0.1, -0.05) is 12.1 Å². The molecule has 28 heavy (non-hydrogen) atoms. The van der Waals surface area contributed by atoms with Crippen LogP contribution in [0.1, 0.15) is 12.5 Å². The summed E-state index contributed by atoms with van der Waals surface area (Å²) in [5.41, 5.74) is 0.998. The van der Waals surface area contributed by atoms with Crippen molar-refractivity contribution in [3.63, 3.8) is 0 Å². The molecule has 0 aromatic heterocycles. The summed E-state index contributed by atoms with van der Waals surface area (Å²) in [6, 6.07) is 10.3. The van der Waals surface area contributed by atoms with E-state index in [1.165, 1.54) is 18.2 Å². The maximum Gasteiger partial charge on any atom is 0.241 e. The third kappa shape index (κ3) is 4.85. The van der Waals surface area contributed by atoms with Crippen LogP contribution in [0.15, 0.2) is 42.5 Å². The fourth-order valence-corrected chi connectivity index (χ4v) is 3.39. The summed E-state index contributed by atoms with van der Waals surface area (Å²) in [5.74, 6) is -0.295. The molecule has 150 valence electrons. The molecule has 5 nitrogen and oxygen atoms in total. The molecule has 2 aromatic carbocycles. The lowest BCUT2D eigenvalue weighted by Crippen LogP contribution is -2.52. The van der Waals surface area contributed by atoms with E-state index >= 15 is 0 Å². The van der Waals surface area contributed by atoms with Gasteiger partial charge in [0.05, 0.1) is 18.8 Å². The average Bonchev–Trinajstić information content (AvgIpc) is 2.70. The van der Waals surface area contributed by atoms with E-state index in [4.69, 9.17) is 4.74 Å². The smallest absolute Gasteiger partial charge is 0.241 e. The number of carbonyl (C=O) groups is 1. The van der Waals surface area contributed by atoms with Gasteiger partial charge in [-0.25, -0.2) is 8.78 Å². The summed E-state index contributed by atoms with van der Waals surface area (Å²) in [5, 5.41) is 2.65. The Balaban J connectivity index is 1.54. The Labute approximate surface area is 163 Å². The SMILES string of the molecule is COc1ccc(F)cc1CN1CCN([C@@H](C)C(=O)Nc2ccccc2F)CC1. The molecule has 1 heterocycles. The first kappa shape index (κ1) is 20.2. The van der Waals surface area contributed by atoms with Crippen molar-refractivity contribution in [1.29, 1.82) is 0 Å². The quantitative estimate of drug-likeness (QED) is 0.825. The first-order chi connectivity index (χ1) is 13.5. The molecular formula is C21H25F2N3O2. The minimum absolute atomic E-state index is 0.191. The van der Waals surface area contributed by atoms with Crippen LogP contribution >= 0.6 is 0 Å². The van der Waals surface area contributed by atoms with Crippen molar-refractivity contribution in [2.45, 2.75) is 19.5 Å². The lowest BCUT2D eigenvalue weighted by atomic mass is 10.1. The number of ether oxygens (including phenoxy) is 1. The maximum atomic E-state index is 13.7. The normalized spacial score (nSPS) is 16.6. The maximum absolute atomic E-state index is 13.7. The zero-order valence-electron chi connectivity index (χ0n) is 16.1. The first-order valence-electron chi connectivity index (χ1n) is 9.32. The van der Waals surface area contributed by atoms with Gasteiger partial charge in [-0.2, -0.15) is 0 Å². The van der Waals surface area contributed by atoms with Crippen molar-refractivity contribution in [2.24, 2.45) is 0 Å². The summed E-state index contributed by atoms with van der Waals surface area (Å²) in [6.45, 7) is 5.30. The third-order valence-electron chi connectivity index (χ3n) is 5.10. The van der Waals surface area contributed by atoms with Crippen molar-refractivity contribution in [3.8, 4) is 5.75 Å². The first-order valence-corrected chi connectivity index (χ1v) is 9.32. The van der Waals surface area contributed by atoms with Crippen LogP contribution in [0.4, 0.5) is 14.5 Å². The molecule has 0 bridgehead atoms. The van der Waals surface area contributed by atoms with Crippen LogP contribution in [0.25, 0.3) is 0 Å². The molecule has 1 aliphatic rings. The number of hydrogen-bond acceptors (Lipinski definition) is 4. The van der Waals surface area contributed by atoms with Gasteiger partial charge in [-0.15, -0.1) is 0 Å². The van der Waals surface area contributed by atoms with E-state index in [1.807, 2.05) is 6.92 Å². The molecule has 3 rings (SSSR count). The Morgan fingerprint density at radius 2 is 1.86 bits per heavy atom. The van der Waals surface area contributed by atoms with Crippen LogP contribution in [-0.4, -0.2) is 55.0 Å². The van der Waals surface area contributed by atoms with Gasteiger partial charge in [-0.3, -0.25) is 14.6 Å². The Hall–Kier alpha value is -2.51. The summed E-state index contributed by atoms with van der Waals surface area (Å²) in [7, 11) is 1.57. The number of nitrogens with one attached hydrogen (secondary N) is 1. The van der Waals surface area contributed by atoms with Crippen molar-refractivity contribution >= 4 is 11.6 Å². The zero-order valence-corrected chi connectivity index (χ0v) is 16.1. The number of rotatable bonds is 6. The number of amides is 1. The predicted octanol–water partition coefficient (Wildman–Crippen LogP) is 3.12. The van der Waals surface area contributed by atoms with E-state index in [0.29, 0.717) is 25.4 Å². The van der Waals surface area contributed by atoms with Crippen LogP contribution in [0.5, 0.6) is 5.75 Å². The van der Waals surface area contributed by atoms with Crippen LogP contribution in [0.2, 0.25) is 0 Å². The number of hydrogen-bond donors (Lipinski definition) is 1. The Morgan fingerprint density at radius 3 is 2.54 bits per heavy atom. The standard InChI is InChI=1S/C21H25F2N3O2/c1-15(21(27)24-19-6-4-3-5-18(19)23)26-11-9-25(10-12-26)14-16-13-17(22)7-8-20(16)28-2/h3-8,13,15H,9-12,14H2,1-2H3,(H,24,27)/t15-/m0/s1. The van der Waals surface area contributed by atoms with Crippen LogP contribution in [0.3, 0.4) is 0 Å².